The van der Waals surface area contributed by atoms with Gasteiger partial charge >= 0.3 is 0 Å². The number of hydroxylamine groups is 1. The number of hydrazone groups is 1. The highest BCUT2D eigenvalue weighted by atomic mass is 32.2. The van der Waals surface area contributed by atoms with Gasteiger partial charge in [-0.15, -0.1) is 11.8 Å². The molecule has 0 saturated carbocycles. The van der Waals surface area contributed by atoms with E-state index in [-0.39, 0.29) is 12.0 Å². The van der Waals surface area contributed by atoms with Gasteiger partial charge in [0.05, 0.1) is 30.4 Å². The highest BCUT2D eigenvalue weighted by Crippen LogP contribution is 2.18. The summed E-state index contributed by atoms with van der Waals surface area (Å²) in [4.78, 5) is 34.4. The Hall–Kier alpha value is -3.64. The maximum absolute atomic E-state index is 12.4. The van der Waals surface area contributed by atoms with Crippen molar-refractivity contribution in [3.63, 3.8) is 0 Å². The van der Waals surface area contributed by atoms with Crippen LogP contribution in [0.5, 0.6) is 0 Å². The number of carbonyl (C=O) groups excluding carboxylic acids is 2. The van der Waals surface area contributed by atoms with E-state index in [1.807, 2.05) is 81.3 Å². The third-order valence-corrected chi connectivity index (χ3v) is 7.47. The van der Waals surface area contributed by atoms with Crippen molar-refractivity contribution in [2.24, 2.45) is 10.1 Å². The highest BCUT2D eigenvalue weighted by Gasteiger charge is 2.26. The summed E-state index contributed by atoms with van der Waals surface area (Å²) in [5, 5.41) is 6.21. The number of carbonyl (C=O) groups is 2. The zero-order valence-corrected chi connectivity index (χ0v) is 31.9. The van der Waals surface area contributed by atoms with Crippen LogP contribution in [-0.4, -0.2) is 86.1 Å². The van der Waals surface area contributed by atoms with E-state index in [4.69, 9.17) is 9.63 Å². The summed E-state index contributed by atoms with van der Waals surface area (Å²) in [5.74, 6) is 1.18. The molecule has 0 radical (unpaired) electrons. The molecular weight excluding hydrogens is 640 g/mol. The minimum atomic E-state index is 0.191. The summed E-state index contributed by atoms with van der Waals surface area (Å²) >= 11 is 1.71. The van der Waals surface area contributed by atoms with E-state index >= 15 is 0 Å². The van der Waals surface area contributed by atoms with E-state index in [0.717, 1.165) is 74.5 Å². The van der Waals surface area contributed by atoms with Gasteiger partial charge in [-0.25, -0.2) is 9.87 Å². The standard InChI is InChI=1S/C16H26N4O2S.C14H18N2.C4H7F.C2H4O.C2H6/c1-17-6-10-23-13-14-3-8-20(9-4-14)16(21)12-19-7-5-15(11-19)22-18-2;1-5-6-12(3)13(4)15-16-14-9-7-11(2)8-10-14;1-2-3-4-5;1-2-3;1-2/h3,6,10,15,18H,1,4-5,7-9,11-13H2,2H3;5-10,16H,3H2,1-2,4H3;3-4H,2H2,1H3;2H,1H3;1-2H3/b10-6-;6-5-,15-13+;4-3+;;. The van der Waals surface area contributed by atoms with E-state index < -0.39 is 0 Å². The predicted octanol–water partition coefficient (Wildman–Crippen LogP) is 8.30. The van der Waals surface area contributed by atoms with Crippen LogP contribution >= 0.6 is 11.8 Å². The average molecular weight is 701 g/mol. The van der Waals surface area contributed by atoms with Crippen molar-refractivity contribution >= 4 is 42.1 Å². The first-order chi connectivity index (χ1) is 23.7. The summed E-state index contributed by atoms with van der Waals surface area (Å²) in [5.41, 5.74) is 11.2. The maximum Gasteiger partial charge on any atom is 0.237 e. The highest BCUT2D eigenvalue weighted by molar-refractivity contribution is 8.02. The Morgan fingerprint density at radius 3 is 2.39 bits per heavy atom. The molecule has 1 atom stereocenters. The lowest BCUT2D eigenvalue weighted by Gasteiger charge is -2.28. The monoisotopic (exact) mass is 700 g/mol. The molecule has 1 unspecified atom stereocenters. The zero-order chi connectivity index (χ0) is 37.3. The number of anilines is 1. The van der Waals surface area contributed by atoms with Crippen molar-refractivity contribution in [3.8, 4) is 0 Å². The summed E-state index contributed by atoms with van der Waals surface area (Å²) in [7, 11) is 1.77. The number of aldehydes is 1. The second-order valence-electron chi connectivity index (χ2n) is 10.4. The minimum absolute atomic E-state index is 0.191. The minimum Gasteiger partial charge on any atom is -0.338 e. The van der Waals surface area contributed by atoms with Crippen LogP contribution < -0.4 is 10.9 Å². The lowest BCUT2D eigenvalue weighted by Crippen LogP contribution is -2.42. The molecule has 3 rings (SSSR count). The summed E-state index contributed by atoms with van der Waals surface area (Å²) < 4.78 is 10.8. The molecule has 2 N–H and O–H groups in total. The number of nitrogens with one attached hydrogen (secondary N) is 2. The van der Waals surface area contributed by atoms with Crippen molar-refractivity contribution in [3.05, 3.63) is 89.8 Å². The van der Waals surface area contributed by atoms with Gasteiger partial charge in [0.2, 0.25) is 5.91 Å². The molecule has 0 aliphatic carbocycles. The smallest absolute Gasteiger partial charge is 0.237 e. The number of benzene rings is 1. The Morgan fingerprint density at radius 2 is 1.88 bits per heavy atom. The molecule has 49 heavy (non-hydrogen) atoms. The molecule has 1 aromatic carbocycles. The fraction of sp³-hybridized carbons (Fsp3) is 0.474. The van der Waals surface area contributed by atoms with Crippen molar-refractivity contribution in [1.29, 1.82) is 0 Å². The van der Waals surface area contributed by atoms with Gasteiger partial charge in [-0.3, -0.25) is 25.0 Å². The van der Waals surface area contributed by atoms with Crippen molar-refractivity contribution in [2.75, 3.05) is 51.0 Å². The average Bonchev–Trinajstić information content (AvgIpc) is 3.55. The van der Waals surface area contributed by atoms with Crippen LogP contribution in [-0.2, 0) is 14.4 Å². The quantitative estimate of drug-likeness (QED) is 0.0703. The van der Waals surface area contributed by atoms with Gasteiger partial charge < -0.3 is 9.69 Å². The van der Waals surface area contributed by atoms with Gasteiger partial charge in [0, 0.05) is 45.2 Å². The molecule has 1 aromatic rings. The largest absolute Gasteiger partial charge is 0.338 e. The third-order valence-electron chi connectivity index (χ3n) is 6.62. The van der Waals surface area contributed by atoms with Crippen LogP contribution in [0.15, 0.2) is 94.3 Å². The molecule has 1 amide bonds. The van der Waals surface area contributed by atoms with Gasteiger partial charge in [-0.2, -0.15) is 5.10 Å². The number of allylic oxidation sites excluding steroid dienone is 4. The van der Waals surface area contributed by atoms with Gasteiger partial charge in [0.25, 0.3) is 0 Å². The van der Waals surface area contributed by atoms with Gasteiger partial charge in [-0.05, 0) is 76.8 Å². The van der Waals surface area contributed by atoms with Crippen LogP contribution in [0.2, 0.25) is 0 Å². The molecule has 2 aliphatic heterocycles. The molecule has 2 heterocycles. The first kappa shape index (κ1) is 47.5. The molecule has 0 bridgehead atoms. The fourth-order valence-corrected chi connectivity index (χ4v) is 4.81. The number of aryl methyl sites for hydroxylation is 1. The number of hydrogen-bond donors (Lipinski definition) is 2. The normalized spacial score (nSPS) is 15.9. The number of rotatable bonds is 13. The lowest BCUT2D eigenvalue weighted by atomic mass is 10.1. The third kappa shape index (κ3) is 25.1. The molecule has 1 fully saturated rings. The fourth-order valence-electron chi connectivity index (χ4n) is 4.06. The van der Waals surface area contributed by atoms with Crippen LogP contribution in [0.25, 0.3) is 0 Å². The van der Waals surface area contributed by atoms with Crippen LogP contribution in [0.1, 0.15) is 66.4 Å². The first-order valence-corrected chi connectivity index (χ1v) is 17.8. The molecule has 0 spiro atoms. The summed E-state index contributed by atoms with van der Waals surface area (Å²) in [6, 6.07) is 8.11. The maximum atomic E-state index is 12.4. The van der Waals surface area contributed by atoms with E-state index in [0.29, 0.717) is 12.9 Å². The van der Waals surface area contributed by atoms with Crippen LogP contribution in [0.3, 0.4) is 0 Å². The van der Waals surface area contributed by atoms with Crippen molar-refractivity contribution in [1.82, 2.24) is 15.3 Å². The second kappa shape index (κ2) is 32.9. The number of thioether (sulfide) groups is 1. The Morgan fingerprint density at radius 1 is 1.20 bits per heavy atom. The lowest BCUT2D eigenvalue weighted by molar-refractivity contribution is -0.132. The zero-order valence-electron chi connectivity index (χ0n) is 31.1. The molecule has 2 aliphatic rings. The van der Waals surface area contributed by atoms with Crippen LogP contribution in [0, 0.1) is 6.92 Å². The van der Waals surface area contributed by atoms with E-state index in [1.54, 1.807) is 25.0 Å². The van der Waals surface area contributed by atoms with Gasteiger partial charge in [0.1, 0.15) is 6.29 Å². The summed E-state index contributed by atoms with van der Waals surface area (Å²) in [6.07, 6.45) is 13.4. The van der Waals surface area contributed by atoms with Crippen LogP contribution in [0.4, 0.5) is 10.1 Å². The molecule has 1 saturated heterocycles. The van der Waals surface area contributed by atoms with E-state index in [1.165, 1.54) is 24.1 Å². The Kier molecular flexibility index (Phi) is 31.9. The van der Waals surface area contributed by atoms with E-state index in [2.05, 4.69) is 52.2 Å². The Balaban J connectivity index is 0. The second-order valence-corrected chi connectivity index (χ2v) is 11.3. The predicted molar refractivity (Wildman–Crippen MR) is 211 cm³/mol. The molecule has 9 nitrogen and oxygen atoms in total. The molecule has 11 heteroatoms. The molecule has 0 aromatic heterocycles. The number of amides is 1. The molecular formula is C38H61FN6O3S. The van der Waals surface area contributed by atoms with E-state index in [9.17, 15) is 9.18 Å². The summed E-state index contributed by atoms with van der Waals surface area (Å²) in [6.45, 7) is 24.4. The molecule has 274 valence electrons. The number of nitrogens with zero attached hydrogens (tertiary/aromatic N) is 4. The van der Waals surface area contributed by atoms with Crippen molar-refractivity contribution < 1.29 is 18.8 Å². The van der Waals surface area contributed by atoms with Gasteiger partial charge in [0.15, 0.2) is 0 Å². The van der Waals surface area contributed by atoms with Crippen molar-refractivity contribution in [2.45, 2.75) is 73.8 Å². The number of halogens is 1. The number of hydrogen-bond acceptors (Lipinski definition) is 9. The van der Waals surface area contributed by atoms with Gasteiger partial charge in [-0.1, -0.05) is 74.9 Å². The number of aliphatic imine (C=N–C) groups is 1. The Bertz CT molecular complexity index is 1200. The first-order valence-electron chi connectivity index (χ1n) is 16.8. The Labute approximate surface area is 300 Å². The SMILES string of the molecule is C=C(/C=C\C)/C(C)=N/Nc1ccc(C)cc1.C=N/C=C\SCC1=CCN(C(=O)CN2CCC(ONC)C2)CC1.CC.CC/C=C/F.CC=O. The number of likely N-dealkylation sites (tertiary alicyclic amines) is 1. The topological polar surface area (TPSA) is 98.6 Å².